The molecule has 0 atom stereocenters. The van der Waals surface area contributed by atoms with E-state index in [-0.39, 0.29) is 19.4 Å². The molecular weight excluding hydrogens is 480 g/mol. The molecule has 0 spiro atoms. The van der Waals surface area contributed by atoms with E-state index in [1.54, 1.807) is 6.08 Å². The van der Waals surface area contributed by atoms with Crippen molar-refractivity contribution in [2.45, 2.75) is 102 Å². The lowest BCUT2D eigenvalue weighted by molar-refractivity contribution is -0.344. The third-order valence-corrected chi connectivity index (χ3v) is 4.81. The van der Waals surface area contributed by atoms with Crippen molar-refractivity contribution in [2.24, 2.45) is 0 Å². The molecule has 0 fully saturated rings. The molecule has 0 rings (SSSR count). The van der Waals surface area contributed by atoms with Crippen molar-refractivity contribution < 1.29 is 54.2 Å². The van der Waals surface area contributed by atoms with E-state index >= 15 is 0 Å². The van der Waals surface area contributed by atoms with Gasteiger partial charge in [-0.15, -0.1) is 0 Å². The van der Waals surface area contributed by atoms with Gasteiger partial charge < -0.3 is 9.47 Å². The standard InChI is InChI=1S/C22H32F8O4/c1-2-3-4-5-6-7-8-9-10-11-15-33-17(31)13-12-14-18(32)34-16-20(25,26)22(29,30)21(27,28)19(23)24/h10-11,19H,2-9,12-16H2,1H3/b11-10+. The van der Waals surface area contributed by atoms with Crippen LogP contribution in [0.1, 0.15) is 77.6 Å². The second kappa shape index (κ2) is 15.9. The van der Waals surface area contributed by atoms with Crippen molar-refractivity contribution in [2.75, 3.05) is 13.2 Å². The van der Waals surface area contributed by atoms with Crippen LogP contribution in [-0.4, -0.2) is 49.3 Å². The van der Waals surface area contributed by atoms with Crippen LogP contribution in [0.4, 0.5) is 35.1 Å². The molecule has 0 heterocycles. The number of allylic oxidation sites excluding steroid dienone is 1. The fourth-order valence-electron chi connectivity index (χ4n) is 2.71. The van der Waals surface area contributed by atoms with Crippen LogP contribution in [0, 0.1) is 0 Å². The monoisotopic (exact) mass is 512 g/mol. The van der Waals surface area contributed by atoms with Crippen LogP contribution in [0.2, 0.25) is 0 Å². The average Bonchev–Trinajstić information content (AvgIpc) is 2.75. The minimum atomic E-state index is -6.44. The molecule has 0 bridgehead atoms. The van der Waals surface area contributed by atoms with Gasteiger partial charge in [0, 0.05) is 12.8 Å². The number of unbranched alkanes of at least 4 members (excludes halogenated alkanes) is 7. The van der Waals surface area contributed by atoms with E-state index < -0.39 is 49.2 Å². The molecule has 0 aromatic rings. The summed E-state index contributed by atoms with van der Waals surface area (Å²) >= 11 is 0. The number of ether oxygens (including phenoxy) is 2. The summed E-state index contributed by atoms with van der Waals surface area (Å²) in [5, 5.41) is 0. The zero-order valence-corrected chi connectivity index (χ0v) is 19.1. The smallest absolute Gasteiger partial charge is 0.381 e. The highest BCUT2D eigenvalue weighted by Crippen LogP contribution is 2.48. The SMILES string of the molecule is CCCCCCCCC/C=C/COC(=O)CCCC(=O)OCC(F)(F)C(F)(F)C(F)(F)C(F)F. The van der Waals surface area contributed by atoms with Gasteiger partial charge in [-0.05, 0) is 19.3 Å². The number of esters is 2. The minimum absolute atomic E-state index is 0.000562. The molecule has 0 aromatic heterocycles. The minimum Gasteiger partial charge on any atom is -0.461 e. The Kier molecular flexibility index (Phi) is 15.0. The molecule has 4 nitrogen and oxygen atoms in total. The van der Waals surface area contributed by atoms with Crippen LogP contribution in [0.15, 0.2) is 12.2 Å². The van der Waals surface area contributed by atoms with Crippen molar-refractivity contribution in [3.8, 4) is 0 Å². The van der Waals surface area contributed by atoms with Crippen molar-refractivity contribution in [3.63, 3.8) is 0 Å². The zero-order chi connectivity index (χ0) is 26.3. The summed E-state index contributed by atoms with van der Waals surface area (Å²) < 4.78 is 111. The summed E-state index contributed by atoms with van der Waals surface area (Å²) in [4.78, 5) is 22.9. The topological polar surface area (TPSA) is 52.6 Å². The van der Waals surface area contributed by atoms with Gasteiger partial charge in [-0.3, -0.25) is 9.59 Å². The van der Waals surface area contributed by atoms with Gasteiger partial charge in [-0.1, -0.05) is 57.6 Å². The van der Waals surface area contributed by atoms with Crippen molar-refractivity contribution >= 4 is 11.9 Å². The molecular formula is C22H32F8O4. The first-order valence-corrected chi connectivity index (χ1v) is 11.2. The number of halogens is 8. The summed E-state index contributed by atoms with van der Waals surface area (Å²) in [6, 6.07) is 0. The quantitative estimate of drug-likeness (QED) is 0.0801. The highest BCUT2D eigenvalue weighted by molar-refractivity contribution is 5.72. The summed E-state index contributed by atoms with van der Waals surface area (Å²) in [6.07, 6.45) is 6.28. The van der Waals surface area contributed by atoms with Crippen LogP contribution >= 0.6 is 0 Å². The molecule has 0 aliphatic heterocycles. The fourth-order valence-corrected chi connectivity index (χ4v) is 2.71. The molecule has 0 radical (unpaired) electrons. The maximum Gasteiger partial charge on any atom is 0.381 e. The van der Waals surface area contributed by atoms with Crippen molar-refractivity contribution in [1.82, 2.24) is 0 Å². The third-order valence-electron chi connectivity index (χ3n) is 4.81. The first kappa shape index (κ1) is 32.1. The highest BCUT2D eigenvalue weighted by Gasteiger charge is 2.75. The number of rotatable bonds is 19. The van der Waals surface area contributed by atoms with Gasteiger partial charge in [0.2, 0.25) is 0 Å². The van der Waals surface area contributed by atoms with E-state index in [1.807, 2.05) is 6.08 Å². The Morgan fingerprint density at radius 1 is 0.765 bits per heavy atom. The van der Waals surface area contributed by atoms with Gasteiger partial charge in [0.1, 0.15) is 6.61 Å². The second-order valence-electron chi connectivity index (χ2n) is 7.78. The Bertz CT molecular complexity index is 624. The Balaban J connectivity index is 4.04. The fraction of sp³-hybridized carbons (Fsp3) is 0.818. The molecule has 0 amide bonds. The van der Waals surface area contributed by atoms with Crippen molar-refractivity contribution in [1.29, 1.82) is 0 Å². The molecule has 34 heavy (non-hydrogen) atoms. The summed E-state index contributed by atoms with van der Waals surface area (Å²) in [5.41, 5.74) is 0. The molecule has 0 N–H and O–H groups in total. The largest absolute Gasteiger partial charge is 0.461 e. The van der Waals surface area contributed by atoms with Gasteiger partial charge >= 0.3 is 36.1 Å². The molecule has 12 heteroatoms. The van der Waals surface area contributed by atoms with Crippen molar-refractivity contribution in [3.05, 3.63) is 12.2 Å². The van der Waals surface area contributed by atoms with E-state index in [4.69, 9.17) is 4.74 Å². The number of carbonyl (C=O) groups is 2. The summed E-state index contributed by atoms with van der Waals surface area (Å²) in [5.74, 6) is -20.7. The van der Waals surface area contributed by atoms with Crippen LogP contribution in [0.3, 0.4) is 0 Å². The average molecular weight is 512 g/mol. The molecule has 0 aliphatic carbocycles. The van der Waals surface area contributed by atoms with Crippen LogP contribution in [0.25, 0.3) is 0 Å². The van der Waals surface area contributed by atoms with Crippen LogP contribution < -0.4 is 0 Å². The van der Waals surface area contributed by atoms with E-state index in [9.17, 15) is 44.7 Å². The first-order valence-electron chi connectivity index (χ1n) is 11.2. The predicted molar refractivity (Wildman–Crippen MR) is 108 cm³/mol. The first-order chi connectivity index (χ1) is 15.8. The normalized spacial score (nSPS) is 13.0. The Morgan fingerprint density at radius 2 is 1.29 bits per heavy atom. The number of alkyl halides is 8. The Hall–Kier alpha value is -1.88. The van der Waals surface area contributed by atoms with E-state index in [2.05, 4.69) is 11.7 Å². The summed E-state index contributed by atoms with van der Waals surface area (Å²) in [7, 11) is 0. The molecule has 0 unspecified atom stereocenters. The maximum absolute atomic E-state index is 13.3. The predicted octanol–water partition coefficient (Wildman–Crippen LogP) is 7.11. The van der Waals surface area contributed by atoms with E-state index in [1.165, 1.54) is 32.1 Å². The lowest BCUT2D eigenvalue weighted by Crippen LogP contribution is -2.59. The molecule has 0 aliphatic rings. The maximum atomic E-state index is 13.3. The van der Waals surface area contributed by atoms with E-state index in [0.717, 1.165) is 19.3 Å². The Morgan fingerprint density at radius 3 is 1.85 bits per heavy atom. The molecule has 0 aromatic carbocycles. The lowest BCUT2D eigenvalue weighted by atomic mass is 10.1. The highest BCUT2D eigenvalue weighted by atomic mass is 19.4. The van der Waals surface area contributed by atoms with Gasteiger partial charge in [-0.25, -0.2) is 8.78 Å². The second-order valence-corrected chi connectivity index (χ2v) is 7.78. The van der Waals surface area contributed by atoms with Gasteiger partial charge in [0.05, 0.1) is 0 Å². The molecule has 0 saturated carbocycles. The molecule has 200 valence electrons. The van der Waals surface area contributed by atoms with Gasteiger partial charge in [0.15, 0.2) is 6.61 Å². The van der Waals surface area contributed by atoms with Crippen LogP contribution in [0.5, 0.6) is 0 Å². The number of carbonyl (C=O) groups excluding carboxylic acids is 2. The third kappa shape index (κ3) is 11.5. The number of hydrogen-bond acceptors (Lipinski definition) is 4. The van der Waals surface area contributed by atoms with E-state index in [0.29, 0.717) is 0 Å². The number of hydrogen-bond donors (Lipinski definition) is 0. The lowest BCUT2D eigenvalue weighted by Gasteiger charge is -2.31. The zero-order valence-electron chi connectivity index (χ0n) is 19.1. The van der Waals surface area contributed by atoms with Gasteiger partial charge in [0.25, 0.3) is 0 Å². The van der Waals surface area contributed by atoms with Crippen LogP contribution in [-0.2, 0) is 19.1 Å². The van der Waals surface area contributed by atoms with Gasteiger partial charge in [-0.2, -0.15) is 26.3 Å². The molecule has 0 saturated heterocycles. The Labute approximate surface area is 194 Å². The summed E-state index contributed by atoms with van der Waals surface area (Å²) in [6.45, 7) is -0.367.